The molecule has 0 radical (unpaired) electrons. The van der Waals surface area contributed by atoms with E-state index in [2.05, 4.69) is 10.6 Å². The molecule has 1 aliphatic carbocycles. The molecule has 6 N–H and O–H groups in total. The second-order valence-corrected chi connectivity index (χ2v) is 4.85. The molecular formula is C11H21N2O6-. The van der Waals surface area contributed by atoms with Crippen molar-refractivity contribution in [1.29, 1.82) is 0 Å². The van der Waals surface area contributed by atoms with Crippen LogP contribution in [-0.4, -0.2) is 76.5 Å². The molecule has 8 nitrogen and oxygen atoms in total. The van der Waals surface area contributed by atoms with Crippen molar-refractivity contribution in [3.63, 3.8) is 0 Å². The third kappa shape index (κ3) is 4.68. The van der Waals surface area contributed by atoms with E-state index < -0.39 is 42.7 Å². The zero-order valence-corrected chi connectivity index (χ0v) is 10.6. The van der Waals surface area contributed by atoms with E-state index >= 15 is 0 Å². The number of rotatable bonds is 1. The van der Waals surface area contributed by atoms with Crippen LogP contribution < -0.4 is 15.7 Å². The topological polar surface area (TPSA) is 145 Å². The van der Waals surface area contributed by atoms with Crippen LogP contribution in [0.1, 0.15) is 12.8 Å². The van der Waals surface area contributed by atoms with Gasteiger partial charge in [0, 0.05) is 39.0 Å². The fourth-order valence-corrected chi connectivity index (χ4v) is 2.04. The first-order chi connectivity index (χ1) is 8.87. The van der Waals surface area contributed by atoms with Crippen molar-refractivity contribution in [2.24, 2.45) is 0 Å². The molecule has 19 heavy (non-hydrogen) atoms. The Morgan fingerprint density at radius 1 is 1.00 bits per heavy atom. The highest BCUT2D eigenvalue weighted by Gasteiger charge is 2.44. The van der Waals surface area contributed by atoms with E-state index in [1.165, 1.54) is 0 Å². The lowest BCUT2D eigenvalue weighted by atomic mass is 9.80. The van der Waals surface area contributed by atoms with Gasteiger partial charge in [-0.2, -0.15) is 0 Å². The highest BCUT2D eigenvalue weighted by molar-refractivity contribution is 5.75. The Hall–Kier alpha value is -0.770. The first-order valence-corrected chi connectivity index (χ1v) is 6.26. The van der Waals surface area contributed by atoms with E-state index in [4.69, 9.17) is 15.3 Å². The highest BCUT2D eigenvalue weighted by atomic mass is 16.4. The smallest absolute Gasteiger partial charge is 0.109 e. The van der Waals surface area contributed by atoms with Crippen LogP contribution in [0.3, 0.4) is 0 Å². The predicted octanol–water partition coefficient (Wildman–Crippen LogP) is -4.48. The molecule has 0 aromatic heterocycles. The molecule has 1 heterocycles. The summed E-state index contributed by atoms with van der Waals surface area (Å²) >= 11 is 0. The third-order valence-electron chi connectivity index (χ3n) is 3.22. The summed E-state index contributed by atoms with van der Waals surface area (Å²) in [5.74, 6) is -1.75. The molecule has 1 saturated carbocycles. The number of carboxylic acid groups (broad SMARTS) is 1. The van der Waals surface area contributed by atoms with Gasteiger partial charge in [-0.05, 0) is 0 Å². The summed E-state index contributed by atoms with van der Waals surface area (Å²) in [6.45, 7) is 4.56. The van der Waals surface area contributed by atoms with E-state index in [0.717, 1.165) is 26.2 Å². The monoisotopic (exact) mass is 277 g/mol. The standard InChI is InChI=1S/C7H12O6.C4H10N2/c8-3-1-7(13,6(11)12)2-4(9)5(3)10;1-2-6-4-3-5-1/h3-5,8-10,13H,1-2H2,(H,11,12);5-6H,1-4H2/p-1. The molecule has 2 aliphatic rings. The Balaban J connectivity index is 0.000000250. The van der Waals surface area contributed by atoms with Crippen LogP contribution in [0.25, 0.3) is 0 Å². The number of aliphatic carboxylic acids is 1. The van der Waals surface area contributed by atoms with Crippen molar-refractivity contribution in [2.75, 3.05) is 26.2 Å². The van der Waals surface area contributed by atoms with Gasteiger partial charge in [0.1, 0.15) is 11.7 Å². The fraction of sp³-hybridized carbons (Fsp3) is 0.909. The summed E-state index contributed by atoms with van der Waals surface area (Å²) < 4.78 is 0. The van der Waals surface area contributed by atoms with Crippen molar-refractivity contribution in [3.8, 4) is 0 Å². The second kappa shape index (κ2) is 7.13. The number of hydrogen-bond donors (Lipinski definition) is 6. The number of aliphatic hydroxyl groups excluding tert-OH is 3. The van der Waals surface area contributed by atoms with Crippen molar-refractivity contribution >= 4 is 5.97 Å². The largest absolute Gasteiger partial charge is 0.547 e. The van der Waals surface area contributed by atoms with Gasteiger partial charge in [0.25, 0.3) is 0 Å². The van der Waals surface area contributed by atoms with Crippen LogP contribution in [0, 0.1) is 0 Å². The first kappa shape index (κ1) is 16.3. The Morgan fingerprint density at radius 2 is 1.37 bits per heavy atom. The van der Waals surface area contributed by atoms with E-state index in [9.17, 15) is 15.0 Å². The lowest BCUT2D eigenvalue weighted by Gasteiger charge is -2.40. The van der Waals surface area contributed by atoms with Crippen molar-refractivity contribution in [2.45, 2.75) is 36.8 Å². The average Bonchev–Trinajstić information content (AvgIpc) is 2.38. The molecule has 0 amide bonds. The minimum Gasteiger partial charge on any atom is -0.547 e. The quantitative estimate of drug-likeness (QED) is 0.281. The molecule has 0 aromatic carbocycles. The number of carboxylic acids is 1. The van der Waals surface area contributed by atoms with Crippen molar-refractivity contribution in [1.82, 2.24) is 10.6 Å². The normalized spacial score (nSPS) is 39.1. The molecule has 0 spiro atoms. The number of piperazine rings is 1. The van der Waals surface area contributed by atoms with Gasteiger partial charge in [0.2, 0.25) is 0 Å². The third-order valence-corrected chi connectivity index (χ3v) is 3.22. The van der Waals surface area contributed by atoms with Gasteiger partial charge in [0.15, 0.2) is 0 Å². The van der Waals surface area contributed by atoms with Gasteiger partial charge in [-0.1, -0.05) is 0 Å². The van der Waals surface area contributed by atoms with Crippen LogP contribution >= 0.6 is 0 Å². The molecule has 0 bridgehead atoms. The lowest BCUT2D eigenvalue weighted by molar-refractivity contribution is -0.331. The molecular weight excluding hydrogens is 256 g/mol. The van der Waals surface area contributed by atoms with Crippen LogP contribution in [0.15, 0.2) is 0 Å². The van der Waals surface area contributed by atoms with Crippen LogP contribution in [-0.2, 0) is 4.79 Å². The summed E-state index contributed by atoms with van der Waals surface area (Å²) in [6, 6.07) is 0. The van der Waals surface area contributed by atoms with Gasteiger partial charge < -0.3 is 41.0 Å². The molecule has 2 atom stereocenters. The summed E-state index contributed by atoms with van der Waals surface area (Å²) in [5, 5.41) is 53.3. The zero-order chi connectivity index (χ0) is 14.5. The average molecular weight is 277 g/mol. The lowest BCUT2D eigenvalue weighted by Crippen LogP contribution is -2.59. The molecule has 112 valence electrons. The SMILES string of the molecule is C1CNCCN1.O=C([O-])C1(O)CC(O)C(O)C(O)C1. The van der Waals surface area contributed by atoms with Crippen molar-refractivity contribution in [3.05, 3.63) is 0 Å². The summed E-state index contributed by atoms with van der Waals surface area (Å²) in [6.07, 6.45) is -5.39. The molecule has 1 aliphatic heterocycles. The minimum absolute atomic E-state index is 0.534. The number of aliphatic hydroxyl groups is 4. The van der Waals surface area contributed by atoms with Gasteiger partial charge in [0.05, 0.1) is 18.2 Å². The maximum atomic E-state index is 10.4. The molecule has 2 rings (SSSR count). The second-order valence-electron chi connectivity index (χ2n) is 4.85. The Bertz CT molecular complexity index is 273. The highest BCUT2D eigenvalue weighted by Crippen LogP contribution is 2.28. The fourth-order valence-electron chi connectivity index (χ4n) is 2.04. The summed E-state index contributed by atoms with van der Waals surface area (Å²) in [7, 11) is 0. The number of carbonyl (C=O) groups excluding carboxylic acids is 1. The van der Waals surface area contributed by atoms with Crippen LogP contribution in [0.2, 0.25) is 0 Å². The van der Waals surface area contributed by atoms with Gasteiger partial charge in [-0.25, -0.2) is 0 Å². The summed E-state index contributed by atoms with van der Waals surface area (Å²) in [5.41, 5.74) is -2.25. The first-order valence-electron chi connectivity index (χ1n) is 6.26. The van der Waals surface area contributed by atoms with Crippen LogP contribution in [0.5, 0.6) is 0 Å². The number of carbonyl (C=O) groups is 1. The maximum absolute atomic E-state index is 10.4. The Labute approximate surface area is 111 Å². The van der Waals surface area contributed by atoms with Gasteiger partial charge in [-0.15, -0.1) is 0 Å². The molecule has 1 saturated heterocycles. The van der Waals surface area contributed by atoms with E-state index in [-0.39, 0.29) is 0 Å². The van der Waals surface area contributed by atoms with Gasteiger partial charge >= 0.3 is 0 Å². The molecule has 8 heteroatoms. The Morgan fingerprint density at radius 3 is 1.63 bits per heavy atom. The van der Waals surface area contributed by atoms with E-state index in [0.29, 0.717) is 0 Å². The van der Waals surface area contributed by atoms with Crippen molar-refractivity contribution < 1.29 is 30.3 Å². The number of nitrogens with one attached hydrogen (secondary N) is 2. The number of hydrogen-bond acceptors (Lipinski definition) is 8. The molecule has 2 unspecified atom stereocenters. The minimum atomic E-state index is -2.25. The maximum Gasteiger partial charge on any atom is 0.109 e. The molecule has 0 aromatic rings. The van der Waals surface area contributed by atoms with Gasteiger partial charge in [-0.3, -0.25) is 0 Å². The van der Waals surface area contributed by atoms with Crippen LogP contribution in [0.4, 0.5) is 0 Å². The summed E-state index contributed by atoms with van der Waals surface area (Å²) in [4.78, 5) is 10.4. The van der Waals surface area contributed by atoms with E-state index in [1.807, 2.05) is 0 Å². The zero-order valence-electron chi connectivity index (χ0n) is 10.6. The predicted molar refractivity (Wildman–Crippen MR) is 63.0 cm³/mol. The van der Waals surface area contributed by atoms with E-state index in [1.54, 1.807) is 0 Å². The Kier molecular flexibility index (Phi) is 6.11. The molecule has 2 fully saturated rings.